The van der Waals surface area contributed by atoms with Crippen molar-refractivity contribution in [1.82, 2.24) is 0 Å². The summed E-state index contributed by atoms with van der Waals surface area (Å²) in [5.74, 6) is 0.481. The van der Waals surface area contributed by atoms with Crippen LogP contribution in [0.25, 0.3) is 11.1 Å². The van der Waals surface area contributed by atoms with Gasteiger partial charge in [0.1, 0.15) is 0 Å². The van der Waals surface area contributed by atoms with E-state index in [1.807, 2.05) is 6.08 Å². The molecule has 0 radical (unpaired) electrons. The van der Waals surface area contributed by atoms with Crippen LogP contribution in [-0.2, 0) is 29.3 Å². The van der Waals surface area contributed by atoms with E-state index >= 15 is 0 Å². The summed E-state index contributed by atoms with van der Waals surface area (Å²) in [7, 11) is 0. The van der Waals surface area contributed by atoms with Gasteiger partial charge in [-0.25, -0.2) is 0 Å². The average Bonchev–Trinajstić information content (AvgIpc) is 2.65. The molecule has 5 rings (SSSR count). The monoisotopic (exact) mass is 390 g/mol. The van der Waals surface area contributed by atoms with Crippen LogP contribution in [0, 0.1) is 0 Å². The predicted octanol–water partition coefficient (Wildman–Crippen LogP) is 3.90. The number of rotatable bonds is 4. The van der Waals surface area contributed by atoms with Crippen molar-refractivity contribution in [3.8, 4) is 11.1 Å². The second kappa shape index (κ2) is 6.80. The summed E-state index contributed by atoms with van der Waals surface area (Å²) in [6.07, 6.45) is 10.0. The Bertz CT molecular complexity index is 1040. The van der Waals surface area contributed by atoms with Gasteiger partial charge in [0.05, 0.1) is 0 Å². The van der Waals surface area contributed by atoms with E-state index in [0.29, 0.717) is 12.5 Å². The lowest BCUT2D eigenvalue weighted by atomic mass is 9.62. The molecule has 2 N–H and O–H groups in total. The smallest absolute Gasteiger partial charge is 0.0309 e. The minimum absolute atomic E-state index is 0.159. The molecule has 0 saturated heterocycles. The minimum Gasteiger partial charge on any atom is -0.772 e. The molecule has 3 nitrogen and oxygen atoms in total. The molecule has 0 aliphatic heterocycles. The molecule has 0 amide bonds. The largest absolute Gasteiger partial charge is 0.772 e. The van der Waals surface area contributed by atoms with Gasteiger partial charge in [-0.3, -0.25) is 4.21 Å². The topological polar surface area (TPSA) is 66.2 Å². The van der Waals surface area contributed by atoms with Crippen molar-refractivity contribution >= 4 is 11.1 Å². The fourth-order valence-corrected chi connectivity index (χ4v) is 6.39. The highest BCUT2D eigenvalue weighted by Crippen LogP contribution is 2.50. The van der Waals surface area contributed by atoms with Crippen molar-refractivity contribution in [2.75, 3.05) is 12.3 Å². The fraction of sp³-hybridized carbons (Fsp3) is 0.333. The summed E-state index contributed by atoms with van der Waals surface area (Å²) in [6.45, 7) is 0.629. The Balaban J connectivity index is 1.72. The van der Waals surface area contributed by atoms with Crippen LogP contribution in [0.2, 0.25) is 0 Å². The lowest BCUT2D eigenvalue weighted by Crippen LogP contribution is -2.39. The Kier molecular flexibility index (Phi) is 4.38. The molecule has 2 aromatic carbocycles. The molecule has 0 spiro atoms. The quantitative estimate of drug-likeness (QED) is 0.805. The molecule has 0 bridgehead atoms. The maximum Gasteiger partial charge on any atom is 0.0309 e. The van der Waals surface area contributed by atoms with Gasteiger partial charge in [-0.2, -0.15) is 0 Å². The molecule has 2 aromatic rings. The van der Waals surface area contributed by atoms with E-state index in [4.69, 9.17) is 5.73 Å². The maximum absolute atomic E-state index is 11.8. The summed E-state index contributed by atoms with van der Waals surface area (Å²) in [6, 6.07) is 13.0. The third-order valence-corrected chi connectivity index (χ3v) is 7.60. The van der Waals surface area contributed by atoms with Gasteiger partial charge >= 0.3 is 0 Å². The lowest BCUT2D eigenvalue weighted by molar-refractivity contribution is 0.445. The molecular weight excluding hydrogens is 366 g/mol. The Morgan fingerprint density at radius 1 is 1.14 bits per heavy atom. The van der Waals surface area contributed by atoms with Crippen molar-refractivity contribution in [3.63, 3.8) is 0 Å². The highest BCUT2D eigenvalue weighted by Gasteiger charge is 2.42. The van der Waals surface area contributed by atoms with E-state index in [0.717, 1.165) is 31.3 Å². The minimum atomic E-state index is -2.09. The van der Waals surface area contributed by atoms with Gasteiger partial charge in [0, 0.05) is 17.1 Å². The van der Waals surface area contributed by atoms with Crippen LogP contribution in [0.1, 0.15) is 41.0 Å². The van der Waals surface area contributed by atoms with Crippen molar-refractivity contribution in [2.24, 2.45) is 5.73 Å². The average molecular weight is 391 g/mol. The Morgan fingerprint density at radius 3 is 2.68 bits per heavy atom. The van der Waals surface area contributed by atoms with E-state index in [-0.39, 0.29) is 5.75 Å². The van der Waals surface area contributed by atoms with Crippen LogP contribution in [0.3, 0.4) is 0 Å². The van der Waals surface area contributed by atoms with E-state index in [1.54, 1.807) is 0 Å². The molecule has 144 valence electrons. The van der Waals surface area contributed by atoms with Crippen LogP contribution in [0.5, 0.6) is 0 Å². The Morgan fingerprint density at radius 2 is 1.96 bits per heavy atom. The van der Waals surface area contributed by atoms with Gasteiger partial charge in [0.25, 0.3) is 0 Å². The fourth-order valence-electron chi connectivity index (χ4n) is 5.52. The summed E-state index contributed by atoms with van der Waals surface area (Å²) in [4.78, 5) is 0. The van der Waals surface area contributed by atoms with Crippen molar-refractivity contribution < 1.29 is 8.76 Å². The van der Waals surface area contributed by atoms with Crippen LogP contribution in [0.4, 0.5) is 0 Å². The number of allylic oxidation sites excluding steroid dienone is 4. The van der Waals surface area contributed by atoms with E-state index in [2.05, 4.69) is 48.6 Å². The molecule has 0 heterocycles. The number of fused-ring (bicyclic) bond motifs is 5. The Labute approximate surface area is 168 Å². The van der Waals surface area contributed by atoms with Crippen LogP contribution in [0.15, 0.2) is 60.2 Å². The Hall–Kier alpha value is -2.01. The first-order chi connectivity index (χ1) is 13.6. The van der Waals surface area contributed by atoms with Gasteiger partial charge in [0.2, 0.25) is 0 Å². The van der Waals surface area contributed by atoms with Crippen LogP contribution in [-0.4, -0.2) is 21.1 Å². The first-order valence-electron chi connectivity index (χ1n) is 10.0. The van der Waals surface area contributed by atoms with Gasteiger partial charge in [0.15, 0.2) is 0 Å². The van der Waals surface area contributed by atoms with Crippen molar-refractivity contribution in [2.45, 2.75) is 37.0 Å². The second-order valence-electron chi connectivity index (χ2n) is 8.21. The number of nitrogens with two attached hydrogens (primary N) is 1. The molecular formula is C24H24NO2S-. The molecule has 0 saturated carbocycles. The SMILES string of the molecule is NCC1Cc2c(ccc3c2CCCC3(CS(=O)[O-])C2=CC=C2)-c2ccccc21. The second-order valence-corrected chi connectivity index (χ2v) is 9.10. The van der Waals surface area contributed by atoms with Gasteiger partial charge in [-0.1, -0.05) is 65.7 Å². The van der Waals surface area contributed by atoms with Crippen LogP contribution >= 0.6 is 0 Å². The zero-order valence-corrected chi connectivity index (χ0v) is 16.6. The number of hydrogen-bond donors (Lipinski definition) is 1. The third kappa shape index (κ3) is 2.59. The normalized spacial score (nSPS) is 25.8. The summed E-state index contributed by atoms with van der Waals surface area (Å²) < 4.78 is 23.6. The molecule has 3 unspecified atom stereocenters. The summed E-state index contributed by atoms with van der Waals surface area (Å²) in [5.41, 5.74) is 14.8. The maximum atomic E-state index is 11.8. The number of benzene rings is 2. The van der Waals surface area contributed by atoms with Gasteiger partial charge < -0.3 is 10.3 Å². The highest BCUT2D eigenvalue weighted by molar-refractivity contribution is 7.79. The molecule has 0 fully saturated rings. The molecule has 3 atom stereocenters. The van der Waals surface area contributed by atoms with Gasteiger partial charge in [-0.05, 0) is 71.2 Å². The van der Waals surface area contributed by atoms with Crippen molar-refractivity contribution in [3.05, 3.63) is 82.5 Å². The van der Waals surface area contributed by atoms with Crippen molar-refractivity contribution in [1.29, 1.82) is 0 Å². The summed E-state index contributed by atoms with van der Waals surface area (Å²) >= 11 is -2.09. The first kappa shape index (κ1) is 18.0. The molecule has 4 heteroatoms. The number of hydrogen-bond acceptors (Lipinski definition) is 3. The zero-order valence-electron chi connectivity index (χ0n) is 15.8. The van der Waals surface area contributed by atoms with E-state index in [1.165, 1.54) is 33.4 Å². The third-order valence-electron chi connectivity index (χ3n) is 6.87. The first-order valence-corrected chi connectivity index (χ1v) is 11.3. The molecule has 3 aliphatic carbocycles. The highest BCUT2D eigenvalue weighted by atomic mass is 32.2. The van der Waals surface area contributed by atoms with Crippen LogP contribution < -0.4 is 5.73 Å². The van der Waals surface area contributed by atoms with E-state index in [9.17, 15) is 8.76 Å². The zero-order chi connectivity index (χ0) is 19.3. The molecule has 0 aromatic heterocycles. The molecule has 28 heavy (non-hydrogen) atoms. The lowest BCUT2D eigenvalue weighted by Gasteiger charge is -2.44. The summed E-state index contributed by atoms with van der Waals surface area (Å²) in [5, 5.41) is 0. The standard InChI is InChI=1S/C24H25NO2S/c25-14-16-13-22-20(19-8-2-1-7-18(16)19)10-11-23-21(22)9-4-12-24(23,15-28(26)27)17-5-3-6-17/h1-3,5-8,10-11,16H,4,9,12-15,25H2,(H,26,27)/p-1. The predicted molar refractivity (Wildman–Crippen MR) is 113 cm³/mol. The van der Waals surface area contributed by atoms with E-state index < -0.39 is 16.5 Å². The van der Waals surface area contributed by atoms with Gasteiger partial charge in [-0.15, -0.1) is 0 Å². The molecule has 3 aliphatic rings.